The Labute approximate surface area is 130 Å². The number of carbonyl (C=O) groups is 2. The van der Waals surface area contributed by atoms with Crippen LogP contribution in [-0.2, 0) is 20.7 Å². The minimum Gasteiger partial charge on any atom is -0.458 e. The fraction of sp³-hybridized carbons (Fsp3) is 0.667. The van der Waals surface area contributed by atoms with Crippen LogP contribution in [0.5, 0.6) is 0 Å². The molecule has 1 amide bonds. The van der Waals surface area contributed by atoms with E-state index < -0.39 is 29.3 Å². The number of esters is 1. The predicted octanol–water partition coefficient (Wildman–Crippen LogP) is 2.19. The summed E-state index contributed by atoms with van der Waals surface area (Å²) in [6.45, 7) is 10.6. The fourth-order valence-corrected chi connectivity index (χ4v) is 1.63. The van der Waals surface area contributed by atoms with Crippen molar-refractivity contribution < 1.29 is 19.1 Å². The molecule has 0 spiro atoms. The van der Waals surface area contributed by atoms with Gasteiger partial charge in [0.2, 0.25) is 0 Å². The number of imidazole rings is 1. The van der Waals surface area contributed by atoms with E-state index in [2.05, 4.69) is 15.3 Å². The maximum Gasteiger partial charge on any atom is 0.408 e. The smallest absolute Gasteiger partial charge is 0.408 e. The molecule has 2 N–H and O–H groups in total. The maximum atomic E-state index is 12.3. The summed E-state index contributed by atoms with van der Waals surface area (Å²) in [4.78, 5) is 31.0. The number of carbonyl (C=O) groups excluding carboxylic acids is 2. The van der Waals surface area contributed by atoms with Crippen LogP contribution in [0, 0.1) is 0 Å². The molecule has 22 heavy (non-hydrogen) atoms. The fourth-order valence-electron chi connectivity index (χ4n) is 1.63. The van der Waals surface area contributed by atoms with E-state index in [-0.39, 0.29) is 6.42 Å². The van der Waals surface area contributed by atoms with E-state index in [9.17, 15) is 9.59 Å². The number of alkyl carbamates (subject to hydrolysis) is 1. The molecular formula is C15H25N3O4. The average Bonchev–Trinajstić information content (AvgIpc) is 2.75. The normalized spacial score (nSPS) is 13.4. The van der Waals surface area contributed by atoms with Crippen LogP contribution in [0.2, 0.25) is 0 Å². The molecule has 1 aromatic heterocycles. The summed E-state index contributed by atoms with van der Waals surface area (Å²) < 4.78 is 10.5. The Kier molecular flexibility index (Phi) is 5.57. The van der Waals surface area contributed by atoms with E-state index >= 15 is 0 Å². The zero-order valence-corrected chi connectivity index (χ0v) is 14.0. The molecule has 1 atom stereocenters. The number of aromatic nitrogens is 2. The largest absolute Gasteiger partial charge is 0.458 e. The first kappa shape index (κ1) is 18.0. The van der Waals surface area contributed by atoms with Crippen LogP contribution in [0.25, 0.3) is 0 Å². The minimum atomic E-state index is -0.852. The molecule has 0 fully saturated rings. The van der Waals surface area contributed by atoms with E-state index in [4.69, 9.17) is 9.47 Å². The lowest BCUT2D eigenvalue weighted by molar-refractivity contribution is -0.157. The molecule has 0 aliphatic heterocycles. The second-order valence-electron chi connectivity index (χ2n) is 7.01. The van der Waals surface area contributed by atoms with Gasteiger partial charge in [-0.05, 0) is 41.5 Å². The zero-order valence-electron chi connectivity index (χ0n) is 14.0. The lowest BCUT2D eigenvalue weighted by Gasteiger charge is -2.26. The first-order valence-corrected chi connectivity index (χ1v) is 7.16. The van der Waals surface area contributed by atoms with Gasteiger partial charge >= 0.3 is 12.1 Å². The van der Waals surface area contributed by atoms with Crippen molar-refractivity contribution in [3.63, 3.8) is 0 Å². The number of ether oxygens (including phenoxy) is 2. The number of rotatable bonds is 4. The summed E-state index contributed by atoms with van der Waals surface area (Å²) in [6.07, 6.45) is 2.68. The van der Waals surface area contributed by atoms with Gasteiger partial charge in [-0.25, -0.2) is 14.6 Å². The summed E-state index contributed by atoms with van der Waals surface area (Å²) in [5.41, 5.74) is -0.568. The Morgan fingerprint density at radius 3 is 2.23 bits per heavy atom. The zero-order chi connectivity index (χ0) is 17.0. The highest BCUT2D eigenvalue weighted by Crippen LogP contribution is 2.12. The summed E-state index contributed by atoms with van der Waals surface area (Å²) >= 11 is 0. The van der Waals surface area contributed by atoms with Crippen LogP contribution in [0.1, 0.15) is 47.2 Å². The van der Waals surface area contributed by atoms with Crippen molar-refractivity contribution in [1.82, 2.24) is 15.3 Å². The molecule has 1 heterocycles. The van der Waals surface area contributed by atoms with Crippen LogP contribution in [0.3, 0.4) is 0 Å². The number of amides is 1. The molecule has 0 aliphatic rings. The van der Waals surface area contributed by atoms with Crippen molar-refractivity contribution in [3.05, 3.63) is 18.2 Å². The molecule has 0 saturated heterocycles. The van der Waals surface area contributed by atoms with E-state index in [1.807, 2.05) is 0 Å². The van der Waals surface area contributed by atoms with Crippen molar-refractivity contribution >= 4 is 12.1 Å². The Balaban J connectivity index is 2.77. The van der Waals surface area contributed by atoms with Gasteiger partial charge in [-0.2, -0.15) is 0 Å². The Morgan fingerprint density at radius 2 is 1.77 bits per heavy atom. The predicted molar refractivity (Wildman–Crippen MR) is 81.3 cm³/mol. The highest BCUT2D eigenvalue weighted by molar-refractivity contribution is 5.82. The van der Waals surface area contributed by atoms with Gasteiger partial charge in [0.15, 0.2) is 0 Å². The first-order valence-electron chi connectivity index (χ1n) is 7.16. The van der Waals surface area contributed by atoms with Crippen LogP contribution in [-0.4, -0.2) is 39.3 Å². The third-order valence-electron chi connectivity index (χ3n) is 2.36. The number of nitrogens with one attached hydrogen (secondary N) is 2. The molecule has 0 bridgehead atoms. The second kappa shape index (κ2) is 6.81. The topological polar surface area (TPSA) is 93.3 Å². The molecule has 0 saturated carbocycles. The van der Waals surface area contributed by atoms with Gasteiger partial charge in [-0.15, -0.1) is 0 Å². The molecule has 0 aliphatic carbocycles. The molecule has 0 radical (unpaired) electrons. The number of hydrogen-bond acceptors (Lipinski definition) is 5. The summed E-state index contributed by atoms with van der Waals surface area (Å²) in [5, 5.41) is 2.55. The van der Waals surface area contributed by atoms with E-state index in [1.54, 1.807) is 47.7 Å². The molecule has 1 rings (SSSR count). The van der Waals surface area contributed by atoms with Crippen molar-refractivity contribution in [2.45, 2.75) is 65.2 Å². The van der Waals surface area contributed by atoms with Gasteiger partial charge in [0.1, 0.15) is 17.2 Å². The maximum absolute atomic E-state index is 12.3. The van der Waals surface area contributed by atoms with Crippen molar-refractivity contribution in [2.75, 3.05) is 0 Å². The Hall–Kier alpha value is -2.05. The lowest BCUT2D eigenvalue weighted by Crippen LogP contribution is -2.47. The van der Waals surface area contributed by atoms with Gasteiger partial charge < -0.3 is 19.8 Å². The van der Waals surface area contributed by atoms with Crippen LogP contribution >= 0.6 is 0 Å². The van der Waals surface area contributed by atoms with E-state index in [0.29, 0.717) is 5.69 Å². The van der Waals surface area contributed by atoms with Crippen molar-refractivity contribution in [1.29, 1.82) is 0 Å². The van der Waals surface area contributed by atoms with Crippen molar-refractivity contribution in [3.8, 4) is 0 Å². The molecule has 7 heteroatoms. The first-order chi connectivity index (χ1) is 9.96. The number of hydrogen-bond donors (Lipinski definition) is 2. The molecule has 124 valence electrons. The second-order valence-corrected chi connectivity index (χ2v) is 7.01. The van der Waals surface area contributed by atoms with Crippen LogP contribution in [0.4, 0.5) is 4.79 Å². The summed E-state index contributed by atoms with van der Waals surface area (Å²) in [5.74, 6) is -0.520. The third-order valence-corrected chi connectivity index (χ3v) is 2.36. The Morgan fingerprint density at radius 1 is 1.18 bits per heavy atom. The monoisotopic (exact) mass is 311 g/mol. The quantitative estimate of drug-likeness (QED) is 0.831. The highest BCUT2D eigenvalue weighted by atomic mass is 16.6. The molecule has 7 nitrogen and oxygen atoms in total. The number of aromatic amines is 1. The van der Waals surface area contributed by atoms with Gasteiger partial charge in [-0.1, -0.05) is 0 Å². The lowest BCUT2D eigenvalue weighted by atomic mass is 10.1. The van der Waals surface area contributed by atoms with Crippen LogP contribution in [0.15, 0.2) is 12.5 Å². The van der Waals surface area contributed by atoms with Gasteiger partial charge in [-0.3, -0.25) is 0 Å². The SMILES string of the molecule is CC(C)(C)OC(=O)NC(Cc1cnc[nH]1)C(=O)OC(C)(C)C. The van der Waals surface area contributed by atoms with Gasteiger partial charge in [0, 0.05) is 18.3 Å². The minimum absolute atomic E-state index is 0.244. The standard InChI is InChI=1S/C15H25N3O4/c1-14(2,3)21-12(19)11(7-10-8-16-9-17-10)18-13(20)22-15(4,5)6/h8-9,11H,7H2,1-6H3,(H,16,17)(H,18,20). The van der Waals surface area contributed by atoms with Crippen LogP contribution < -0.4 is 5.32 Å². The molecule has 0 aromatic carbocycles. The summed E-state index contributed by atoms with van der Waals surface area (Å²) in [7, 11) is 0. The Bertz CT molecular complexity index is 498. The van der Waals surface area contributed by atoms with E-state index in [0.717, 1.165) is 0 Å². The highest BCUT2D eigenvalue weighted by Gasteiger charge is 2.29. The van der Waals surface area contributed by atoms with Crippen molar-refractivity contribution in [2.24, 2.45) is 0 Å². The average molecular weight is 311 g/mol. The molecule has 1 aromatic rings. The summed E-state index contributed by atoms with van der Waals surface area (Å²) in [6, 6.07) is -0.852. The molecule has 1 unspecified atom stereocenters. The third kappa shape index (κ3) is 7.10. The van der Waals surface area contributed by atoms with Gasteiger partial charge in [0.05, 0.1) is 6.33 Å². The van der Waals surface area contributed by atoms with E-state index in [1.165, 1.54) is 6.33 Å². The number of H-pyrrole nitrogens is 1. The van der Waals surface area contributed by atoms with Gasteiger partial charge in [0.25, 0.3) is 0 Å². The molecular weight excluding hydrogens is 286 g/mol. The number of nitrogens with zero attached hydrogens (tertiary/aromatic N) is 1.